The number of hydrogen-bond acceptors (Lipinski definition) is 6. The molecule has 0 saturated carbocycles. The minimum Gasteiger partial charge on any atom is -0.748 e. The van der Waals surface area contributed by atoms with Gasteiger partial charge < -0.3 is 24.5 Å². The van der Waals surface area contributed by atoms with Crippen molar-refractivity contribution >= 4 is 21.0 Å². The largest absolute Gasteiger partial charge is 1.00 e. The Morgan fingerprint density at radius 1 is 0.860 bits per heavy atom. The zero-order valence-electron chi connectivity index (χ0n) is 23.8. The van der Waals surface area contributed by atoms with Crippen molar-refractivity contribution in [2.24, 2.45) is 0 Å². The van der Waals surface area contributed by atoms with Crippen LogP contribution in [0.3, 0.4) is 0 Å². The molecule has 1 aromatic heterocycles. The van der Waals surface area contributed by atoms with Crippen LogP contribution in [0, 0.1) is 0 Å². The van der Waals surface area contributed by atoms with Crippen LogP contribution < -0.4 is 34.3 Å². The van der Waals surface area contributed by atoms with Crippen molar-refractivity contribution in [3.63, 3.8) is 0 Å². The fraction of sp³-hybridized carbons (Fsp3) is 0.176. The van der Waals surface area contributed by atoms with Gasteiger partial charge in [-0.2, -0.15) is 0 Å². The average molecular weight is 606 g/mol. The number of aromatic amines is 1. The molecular weight excluding hydrogens is 573 g/mol. The number of nitrogens with one attached hydrogen (secondary N) is 1. The van der Waals surface area contributed by atoms with E-state index >= 15 is 0 Å². The number of H-pyrrole nitrogens is 1. The zero-order valence-corrected chi connectivity index (χ0v) is 26.7. The summed E-state index contributed by atoms with van der Waals surface area (Å²) in [5, 5.41) is 19.7. The van der Waals surface area contributed by atoms with Crippen LogP contribution in [0.15, 0.2) is 121 Å². The number of allylic oxidation sites excluding steroid dienone is 1. The van der Waals surface area contributed by atoms with Crippen molar-refractivity contribution in [2.45, 2.75) is 36.7 Å². The van der Waals surface area contributed by atoms with E-state index in [0.29, 0.717) is 17.7 Å². The van der Waals surface area contributed by atoms with Crippen LogP contribution in [-0.4, -0.2) is 33.4 Å². The molecular formula is C34H32NNaO6S. The van der Waals surface area contributed by atoms with E-state index in [-0.39, 0.29) is 54.3 Å². The molecule has 1 heterocycles. The van der Waals surface area contributed by atoms with E-state index < -0.39 is 21.5 Å². The smallest absolute Gasteiger partial charge is 0.748 e. The van der Waals surface area contributed by atoms with Gasteiger partial charge in [0.05, 0.1) is 27.2 Å². The topological polar surface area (TPSA) is 123 Å². The van der Waals surface area contributed by atoms with E-state index in [9.17, 15) is 23.2 Å². The maximum absolute atomic E-state index is 11.9. The summed E-state index contributed by atoms with van der Waals surface area (Å²) in [6.07, 6.45) is 2.17. The SMILES string of the molecule is O=S(=O)([O-])C(CC=CC(O)c1ccc(O)cc1)CCc1ccc(OC(c2ccccc2)c2cc3ccccc3[nH]2)cc1.[Na+]. The Hall–Kier alpha value is -3.37. The van der Waals surface area contributed by atoms with Gasteiger partial charge in [0.1, 0.15) is 11.5 Å². The molecule has 5 rings (SSSR count). The van der Waals surface area contributed by atoms with E-state index in [1.54, 1.807) is 12.1 Å². The quantitative estimate of drug-likeness (QED) is 0.114. The molecule has 5 aromatic rings. The molecule has 0 radical (unpaired) electrons. The minimum atomic E-state index is -4.54. The zero-order chi connectivity index (χ0) is 29.5. The number of rotatable bonds is 12. The number of benzene rings is 4. The Labute approximate surface area is 273 Å². The molecule has 216 valence electrons. The second-order valence-corrected chi connectivity index (χ2v) is 11.9. The van der Waals surface area contributed by atoms with Crippen molar-refractivity contribution in [1.82, 2.24) is 4.98 Å². The van der Waals surface area contributed by atoms with Crippen LogP contribution in [0.5, 0.6) is 11.5 Å². The molecule has 0 spiro atoms. The predicted molar refractivity (Wildman–Crippen MR) is 162 cm³/mol. The molecule has 0 aliphatic heterocycles. The van der Waals surface area contributed by atoms with Crippen LogP contribution in [0.2, 0.25) is 0 Å². The first-order valence-electron chi connectivity index (χ1n) is 13.7. The van der Waals surface area contributed by atoms with E-state index in [1.165, 1.54) is 24.3 Å². The van der Waals surface area contributed by atoms with Crippen molar-refractivity contribution in [2.75, 3.05) is 0 Å². The van der Waals surface area contributed by atoms with Crippen LogP contribution >= 0.6 is 0 Å². The van der Waals surface area contributed by atoms with Gasteiger partial charge in [-0.15, -0.1) is 0 Å². The third-order valence-corrected chi connectivity index (χ3v) is 8.47. The standard InChI is InChI=1S/C34H33NO6S.Na/c36-28-18-16-25(17-19-28)33(37)12-6-10-30(42(38,39)40)22-15-24-13-20-29(21-14-24)41-34(26-7-2-1-3-8-26)32-23-27-9-4-5-11-31(27)35-32;/h1-9,11-14,16-21,23,30,33-37H,10,15,22H2,(H,38,39,40);/q;+1/p-1. The molecule has 3 N–H and O–H groups in total. The number of aromatic nitrogens is 1. The van der Waals surface area contributed by atoms with Crippen molar-refractivity contribution in [3.05, 3.63) is 144 Å². The predicted octanol–water partition coefficient (Wildman–Crippen LogP) is 3.57. The second kappa shape index (κ2) is 14.9. The molecule has 0 aliphatic carbocycles. The molecule has 0 fully saturated rings. The summed E-state index contributed by atoms with van der Waals surface area (Å²) in [6.45, 7) is 0. The number of aliphatic hydroxyl groups is 1. The molecule has 4 aromatic carbocycles. The molecule has 0 aliphatic rings. The van der Waals surface area contributed by atoms with Crippen molar-refractivity contribution < 1.29 is 57.5 Å². The average Bonchev–Trinajstić information content (AvgIpc) is 3.42. The van der Waals surface area contributed by atoms with E-state index in [2.05, 4.69) is 17.1 Å². The first-order valence-corrected chi connectivity index (χ1v) is 15.2. The first-order chi connectivity index (χ1) is 20.3. The molecule has 3 atom stereocenters. The summed E-state index contributed by atoms with van der Waals surface area (Å²) < 4.78 is 42.3. The molecule has 0 saturated heterocycles. The van der Waals surface area contributed by atoms with Crippen LogP contribution in [-0.2, 0) is 16.5 Å². The van der Waals surface area contributed by atoms with Crippen LogP contribution in [0.1, 0.15) is 47.4 Å². The Kier molecular flexibility index (Phi) is 11.3. The number of aromatic hydroxyl groups is 1. The fourth-order valence-corrected chi connectivity index (χ4v) is 5.65. The van der Waals surface area contributed by atoms with E-state index in [1.807, 2.05) is 72.8 Å². The number of phenolic OH excluding ortho intramolecular Hbond substituents is 1. The Morgan fingerprint density at radius 3 is 2.21 bits per heavy atom. The van der Waals surface area contributed by atoms with Crippen LogP contribution in [0.25, 0.3) is 10.9 Å². The summed E-state index contributed by atoms with van der Waals surface area (Å²) >= 11 is 0. The molecule has 0 amide bonds. The first kappa shape index (κ1) is 32.5. The number of fused-ring (bicyclic) bond motifs is 1. The summed E-state index contributed by atoms with van der Waals surface area (Å²) in [5.41, 5.74) is 4.39. The number of hydrogen-bond donors (Lipinski definition) is 3. The Balaban J connectivity index is 0.00000423. The fourth-order valence-electron chi connectivity index (χ4n) is 4.90. The Morgan fingerprint density at radius 2 is 1.53 bits per heavy atom. The molecule has 9 heteroatoms. The maximum Gasteiger partial charge on any atom is 1.00 e. The van der Waals surface area contributed by atoms with Gasteiger partial charge in [0.2, 0.25) is 0 Å². The van der Waals surface area contributed by atoms with Gasteiger partial charge in [0.25, 0.3) is 0 Å². The summed E-state index contributed by atoms with van der Waals surface area (Å²) in [7, 11) is -4.54. The third kappa shape index (κ3) is 8.83. The maximum atomic E-state index is 11.9. The molecule has 7 nitrogen and oxygen atoms in total. The van der Waals surface area contributed by atoms with Crippen molar-refractivity contribution in [3.8, 4) is 11.5 Å². The van der Waals surface area contributed by atoms with Gasteiger partial charge in [-0.25, -0.2) is 8.42 Å². The van der Waals surface area contributed by atoms with E-state index in [4.69, 9.17) is 4.74 Å². The number of aryl methyl sites for hydroxylation is 1. The van der Waals surface area contributed by atoms with E-state index in [0.717, 1.165) is 27.7 Å². The molecule has 3 unspecified atom stereocenters. The summed E-state index contributed by atoms with van der Waals surface area (Å²) in [4.78, 5) is 3.47. The van der Waals surface area contributed by atoms with Gasteiger partial charge in [-0.3, -0.25) is 0 Å². The molecule has 43 heavy (non-hydrogen) atoms. The molecule has 0 bridgehead atoms. The number of phenols is 1. The normalized spacial score (nSPS) is 13.8. The number of aliphatic hydroxyl groups excluding tert-OH is 1. The van der Waals surface area contributed by atoms with Gasteiger partial charge in [0, 0.05) is 5.52 Å². The van der Waals surface area contributed by atoms with Gasteiger partial charge in [0.15, 0.2) is 6.10 Å². The summed E-state index contributed by atoms with van der Waals surface area (Å²) in [5.74, 6) is 0.739. The van der Waals surface area contributed by atoms with Crippen molar-refractivity contribution in [1.29, 1.82) is 0 Å². The Bertz CT molecular complexity index is 1700. The van der Waals surface area contributed by atoms with Gasteiger partial charge in [-0.05, 0) is 77.7 Å². The number of ether oxygens (including phenoxy) is 1. The van der Waals surface area contributed by atoms with Crippen LogP contribution in [0.4, 0.5) is 0 Å². The number of para-hydroxylation sites is 1. The summed E-state index contributed by atoms with van der Waals surface area (Å²) in [6, 6.07) is 33.6. The minimum absolute atomic E-state index is 0. The monoisotopic (exact) mass is 605 g/mol. The third-order valence-electron chi connectivity index (χ3n) is 7.23. The van der Waals surface area contributed by atoms with Gasteiger partial charge >= 0.3 is 29.6 Å². The second-order valence-electron chi connectivity index (χ2n) is 10.2. The van der Waals surface area contributed by atoms with Gasteiger partial charge in [-0.1, -0.05) is 84.9 Å².